The molecule has 1 aliphatic carbocycles. The van der Waals surface area contributed by atoms with Crippen LogP contribution in [0.15, 0.2) is 36.0 Å². The first kappa shape index (κ1) is 21.7. The van der Waals surface area contributed by atoms with Gasteiger partial charge in [-0.1, -0.05) is 55.1 Å². The summed E-state index contributed by atoms with van der Waals surface area (Å²) < 4.78 is 7.38. The molecule has 1 saturated carbocycles. The van der Waals surface area contributed by atoms with Crippen molar-refractivity contribution >= 4 is 29.3 Å². The first-order chi connectivity index (χ1) is 14.1. The van der Waals surface area contributed by atoms with Crippen LogP contribution in [-0.4, -0.2) is 39.6 Å². The number of methoxy groups -OCH3 is 1. The molecule has 1 aromatic heterocycles. The Balaban J connectivity index is 1.72. The summed E-state index contributed by atoms with van der Waals surface area (Å²) in [7, 11) is 1.61. The van der Waals surface area contributed by atoms with Crippen LogP contribution in [0.4, 0.5) is 0 Å². The van der Waals surface area contributed by atoms with Crippen LogP contribution >= 0.6 is 23.4 Å². The molecule has 1 aromatic carbocycles. The third kappa shape index (κ3) is 5.76. The van der Waals surface area contributed by atoms with Gasteiger partial charge in [0.25, 0.3) is 0 Å². The Morgan fingerprint density at radius 2 is 2.10 bits per heavy atom. The maximum Gasteiger partial charge on any atom is 0.230 e. The monoisotopic (exact) mass is 434 g/mol. The van der Waals surface area contributed by atoms with Gasteiger partial charge in [-0.3, -0.25) is 9.36 Å². The highest BCUT2D eigenvalue weighted by molar-refractivity contribution is 7.99. The number of carbonyl (C=O) groups excluding carboxylic acids is 1. The predicted octanol–water partition coefficient (Wildman–Crippen LogP) is 4.72. The predicted molar refractivity (Wildman–Crippen MR) is 118 cm³/mol. The molecule has 1 N–H and O–H groups in total. The number of hydrogen-bond acceptors (Lipinski definition) is 5. The lowest BCUT2D eigenvalue weighted by Crippen LogP contribution is -2.35. The van der Waals surface area contributed by atoms with Gasteiger partial charge < -0.3 is 10.1 Å². The van der Waals surface area contributed by atoms with E-state index in [4.69, 9.17) is 16.3 Å². The first-order valence-electron chi connectivity index (χ1n) is 9.92. The van der Waals surface area contributed by atoms with Crippen LogP contribution in [-0.2, 0) is 11.3 Å². The van der Waals surface area contributed by atoms with E-state index in [2.05, 4.69) is 22.1 Å². The van der Waals surface area contributed by atoms with Crippen molar-refractivity contribution < 1.29 is 9.53 Å². The van der Waals surface area contributed by atoms with E-state index in [1.54, 1.807) is 31.4 Å². The molecule has 8 heteroatoms. The number of nitrogens with zero attached hydrogens (tertiary/aromatic N) is 3. The maximum absolute atomic E-state index is 12.4. The van der Waals surface area contributed by atoms with Gasteiger partial charge in [0.05, 0.1) is 18.4 Å². The average Bonchev–Trinajstić information content (AvgIpc) is 2.92. The second-order valence-electron chi connectivity index (χ2n) is 7.09. The molecule has 1 aliphatic rings. The van der Waals surface area contributed by atoms with Crippen LogP contribution in [0.1, 0.15) is 38.5 Å². The Kier molecular flexibility index (Phi) is 8.00. The summed E-state index contributed by atoms with van der Waals surface area (Å²) in [5.74, 6) is 1.64. The molecule has 29 heavy (non-hydrogen) atoms. The summed E-state index contributed by atoms with van der Waals surface area (Å²) in [6, 6.07) is 5.67. The van der Waals surface area contributed by atoms with E-state index in [1.807, 2.05) is 4.57 Å². The lowest BCUT2D eigenvalue weighted by Gasteiger charge is -2.16. The van der Waals surface area contributed by atoms with Gasteiger partial charge in [0.2, 0.25) is 5.91 Å². The number of halogens is 1. The van der Waals surface area contributed by atoms with Gasteiger partial charge in [-0.25, -0.2) is 0 Å². The van der Waals surface area contributed by atoms with Crippen LogP contribution in [0.3, 0.4) is 0 Å². The number of carbonyl (C=O) groups is 1. The van der Waals surface area contributed by atoms with E-state index in [-0.39, 0.29) is 5.91 Å². The van der Waals surface area contributed by atoms with Gasteiger partial charge in [0, 0.05) is 17.6 Å². The smallest absolute Gasteiger partial charge is 0.230 e. The fourth-order valence-electron chi connectivity index (χ4n) is 3.57. The molecule has 0 bridgehead atoms. The highest BCUT2D eigenvalue weighted by Crippen LogP contribution is 2.33. The average molecular weight is 435 g/mol. The van der Waals surface area contributed by atoms with Crippen LogP contribution in [0.2, 0.25) is 5.02 Å². The molecule has 6 nitrogen and oxygen atoms in total. The minimum absolute atomic E-state index is 0.0388. The number of nitrogens with one attached hydrogen (secondary N) is 1. The Bertz CT molecular complexity index is 847. The zero-order valence-electron chi connectivity index (χ0n) is 16.7. The van der Waals surface area contributed by atoms with Crippen molar-refractivity contribution in [2.45, 2.75) is 56.3 Å². The number of rotatable bonds is 8. The van der Waals surface area contributed by atoms with Gasteiger partial charge in [-0.15, -0.1) is 16.8 Å². The fourth-order valence-corrected chi connectivity index (χ4v) is 4.50. The Morgan fingerprint density at radius 1 is 1.34 bits per heavy atom. The summed E-state index contributed by atoms with van der Waals surface area (Å²) in [5, 5.41) is 13.1. The molecule has 0 radical (unpaired) electrons. The SMILES string of the molecule is C=CCn1c(SCC(=O)NC2CCCCCC2)nnc1-c1cc(Cl)ccc1OC. The molecule has 0 unspecified atom stereocenters. The normalized spacial score (nSPS) is 15.0. The van der Waals surface area contributed by atoms with Gasteiger partial charge in [-0.05, 0) is 31.0 Å². The summed E-state index contributed by atoms with van der Waals surface area (Å²) >= 11 is 7.55. The minimum atomic E-state index is 0.0388. The van der Waals surface area contributed by atoms with E-state index in [1.165, 1.54) is 37.4 Å². The van der Waals surface area contributed by atoms with Gasteiger partial charge >= 0.3 is 0 Å². The molecule has 156 valence electrons. The van der Waals surface area contributed by atoms with Crippen molar-refractivity contribution in [1.29, 1.82) is 0 Å². The van der Waals surface area contributed by atoms with E-state index in [0.29, 0.717) is 40.1 Å². The molecule has 0 aliphatic heterocycles. The van der Waals surface area contributed by atoms with Crippen molar-refractivity contribution in [3.05, 3.63) is 35.9 Å². The maximum atomic E-state index is 12.4. The zero-order chi connectivity index (χ0) is 20.6. The lowest BCUT2D eigenvalue weighted by molar-refractivity contribution is -0.119. The molecule has 1 amide bonds. The van der Waals surface area contributed by atoms with E-state index in [9.17, 15) is 4.79 Å². The van der Waals surface area contributed by atoms with Crippen LogP contribution in [0, 0.1) is 0 Å². The number of allylic oxidation sites excluding steroid dienone is 1. The molecule has 1 fully saturated rings. The number of ether oxygens (including phenoxy) is 1. The first-order valence-corrected chi connectivity index (χ1v) is 11.3. The molecule has 0 saturated heterocycles. The summed E-state index contributed by atoms with van der Waals surface area (Å²) in [6.07, 6.45) is 8.83. The number of aromatic nitrogens is 3. The van der Waals surface area contributed by atoms with Gasteiger partial charge in [-0.2, -0.15) is 0 Å². The minimum Gasteiger partial charge on any atom is -0.496 e. The molecule has 1 heterocycles. The number of thioether (sulfide) groups is 1. The van der Waals surface area contributed by atoms with Gasteiger partial charge in [0.15, 0.2) is 11.0 Å². The second kappa shape index (κ2) is 10.7. The molecule has 3 rings (SSSR count). The van der Waals surface area contributed by atoms with E-state index in [0.717, 1.165) is 18.4 Å². The summed E-state index contributed by atoms with van der Waals surface area (Å²) in [4.78, 5) is 12.4. The Hall–Kier alpha value is -1.99. The Labute approximate surface area is 181 Å². The topological polar surface area (TPSA) is 69.0 Å². The third-order valence-corrected chi connectivity index (χ3v) is 6.19. The number of amides is 1. The third-order valence-electron chi connectivity index (χ3n) is 4.98. The van der Waals surface area contributed by atoms with E-state index < -0.39 is 0 Å². The van der Waals surface area contributed by atoms with Crippen molar-refractivity contribution in [2.75, 3.05) is 12.9 Å². The lowest BCUT2D eigenvalue weighted by atomic mass is 10.1. The standard InChI is InChI=1S/C21H27ClN4O2S/c1-3-12-26-20(17-13-15(22)10-11-18(17)28-2)24-25-21(26)29-14-19(27)23-16-8-6-4-5-7-9-16/h3,10-11,13,16H,1,4-9,12,14H2,2H3,(H,23,27). The molecular formula is C21H27ClN4O2S. The van der Waals surface area contributed by atoms with Crippen molar-refractivity contribution in [3.8, 4) is 17.1 Å². The van der Waals surface area contributed by atoms with Crippen LogP contribution in [0.5, 0.6) is 5.75 Å². The molecule has 0 atom stereocenters. The largest absolute Gasteiger partial charge is 0.496 e. The summed E-state index contributed by atoms with van der Waals surface area (Å²) in [6.45, 7) is 4.35. The number of benzene rings is 1. The fraction of sp³-hybridized carbons (Fsp3) is 0.476. The van der Waals surface area contributed by atoms with Crippen LogP contribution < -0.4 is 10.1 Å². The van der Waals surface area contributed by atoms with Crippen molar-refractivity contribution in [3.63, 3.8) is 0 Å². The molecule has 2 aromatic rings. The highest BCUT2D eigenvalue weighted by Gasteiger charge is 2.19. The molecule has 0 spiro atoms. The summed E-state index contributed by atoms with van der Waals surface area (Å²) in [5.41, 5.74) is 0.754. The van der Waals surface area contributed by atoms with Crippen molar-refractivity contribution in [2.24, 2.45) is 0 Å². The quantitative estimate of drug-likeness (QED) is 0.369. The molecular weight excluding hydrogens is 408 g/mol. The Morgan fingerprint density at radius 3 is 2.79 bits per heavy atom. The zero-order valence-corrected chi connectivity index (χ0v) is 18.3. The van der Waals surface area contributed by atoms with Gasteiger partial charge in [0.1, 0.15) is 5.75 Å². The number of hydrogen-bond donors (Lipinski definition) is 1. The van der Waals surface area contributed by atoms with E-state index >= 15 is 0 Å². The van der Waals surface area contributed by atoms with Crippen LogP contribution in [0.25, 0.3) is 11.4 Å². The highest BCUT2D eigenvalue weighted by atomic mass is 35.5. The van der Waals surface area contributed by atoms with Crippen molar-refractivity contribution in [1.82, 2.24) is 20.1 Å². The second-order valence-corrected chi connectivity index (χ2v) is 8.47.